The van der Waals surface area contributed by atoms with E-state index in [9.17, 15) is 0 Å². The van der Waals surface area contributed by atoms with Gasteiger partial charge in [0.25, 0.3) is 0 Å². The molecule has 4 rings (SSSR count). The van der Waals surface area contributed by atoms with Gasteiger partial charge < -0.3 is 4.57 Å². The highest BCUT2D eigenvalue weighted by molar-refractivity contribution is 14.1. The summed E-state index contributed by atoms with van der Waals surface area (Å²) in [6, 6.07) is 24.0. The van der Waals surface area contributed by atoms with Gasteiger partial charge >= 0.3 is 0 Å². The molecule has 21 heavy (non-hydrogen) atoms. The summed E-state index contributed by atoms with van der Waals surface area (Å²) >= 11 is 2.38. The van der Waals surface area contributed by atoms with Gasteiger partial charge in [0.15, 0.2) is 0 Å². The lowest BCUT2D eigenvalue weighted by Gasteiger charge is -2.08. The topological polar surface area (TPSA) is 4.93 Å². The zero-order valence-electron chi connectivity index (χ0n) is 11.7. The Balaban J connectivity index is 2.20. The average molecular weight is 383 g/mol. The number of rotatable bonds is 1. The van der Waals surface area contributed by atoms with Crippen LogP contribution in [0.25, 0.3) is 27.5 Å². The fourth-order valence-corrected chi connectivity index (χ4v) is 3.48. The third-order valence-corrected chi connectivity index (χ3v) is 4.57. The van der Waals surface area contributed by atoms with E-state index in [0.29, 0.717) is 0 Å². The van der Waals surface area contributed by atoms with E-state index in [1.54, 1.807) is 0 Å². The number of aromatic nitrogens is 1. The third kappa shape index (κ3) is 2.05. The van der Waals surface area contributed by atoms with Gasteiger partial charge in [0.05, 0.1) is 11.0 Å². The van der Waals surface area contributed by atoms with Crippen LogP contribution in [0, 0.1) is 10.5 Å². The molecule has 4 aromatic rings. The molecule has 0 atom stereocenters. The van der Waals surface area contributed by atoms with E-state index in [2.05, 4.69) is 101 Å². The minimum Gasteiger partial charge on any atom is -0.309 e. The van der Waals surface area contributed by atoms with Crippen LogP contribution in [0.3, 0.4) is 0 Å². The van der Waals surface area contributed by atoms with Gasteiger partial charge in [0.2, 0.25) is 0 Å². The molecule has 102 valence electrons. The number of nitrogens with zero attached hydrogens (tertiary/aromatic N) is 1. The molecule has 0 aliphatic rings. The maximum atomic E-state index is 2.38. The normalized spacial score (nSPS) is 11.3. The quantitative estimate of drug-likeness (QED) is 0.372. The van der Waals surface area contributed by atoms with Crippen molar-refractivity contribution in [1.82, 2.24) is 4.57 Å². The molecule has 0 radical (unpaired) electrons. The second-order valence-corrected chi connectivity index (χ2v) is 6.60. The van der Waals surface area contributed by atoms with Crippen LogP contribution < -0.4 is 0 Å². The Kier molecular flexibility index (Phi) is 3.00. The highest BCUT2D eigenvalue weighted by Gasteiger charge is 2.11. The summed E-state index contributed by atoms with van der Waals surface area (Å²) in [5.74, 6) is 0. The predicted molar refractivity (Wildman–Crippen MR) is 98.2 cm³/mol. The lowest BCUT2D eigenvalue weighted by molar-refractivity contribution is 1.17. The Hall–Kier alpha value is -1.81. The first-order valence-corrected chi connectivity index (χ1v) is 8.08. The van der Waals surface area contributed by atoms with Crippen molar-refractivity contribution in [1.29, 1.82) is 0 Å². The number of fused-ring (bicyclic) bond motifs is 3. The van der Waals surface area contributed by atoms with Gasteiger partial charge in [-0.3, -0.25) is 0 Å². The van der Waals surface area contributed by atoms with Crippen molar-refractivity contribution in [2.75, 3.05) is 0 Å². The molecular weight excluding hydrogens is 369 g/mol. The Morgan fingerprint density at radius 1 is 0.762 bits per heavy atom. The molecule has 0 bridgehead atoms. The Morgan fingerprint density at radius 3 is 2.43 bits per heavy atom. The highest BCUT2D eigenvalue weighted by Crippen LogP contribution is 2.32. The van der Waals surface area contributed by atoms with E-state index in [1.165, 1.54) is 36.6 Å². The third-order valence-electron chi connectivity index (χ3n) is 3.89. The van der Waals surface area contributed by atoms with E-state index >= 15 is 0 Å². The Bertz CT molecular complexity index is 966. The van der Waals surface area contributed by atoms with Crippen molar-refractivity contribution in [3.63, 3.8) is 0 Å². The van der Waals surface area contributed by atoms with E-state index in [-0.39, 0.29) is 0 Å². The summed E-state index contributed by atoms with van der Waals surface area (Å²) in [6.07, 6.45) is 0. The molecule has 0 fully saturated rings. The molecule has 1 aromatic heterocycles. The van der Waals surface area contributed by atoms with E-state index in [4.69, 9.17) is 0 Å². The molecule has 1 nitrogen and oxygen atoms in total. The summed E-state index contributed by atoms with van der Waals surface area (Å²) in [6.45, 7) is 2.14. The van der Waals surface area contributed by atoms with Crippen molar-refractivity contribution < 1.29 is 0 Å². The number of hydrogen-bond donors (Lipinski definition) is 0. The van der Waals surface area contributed by atoms with Gasteiger partial charge in [-0.2, -0.15) is 0 Å². The zero-order chi connectivity index (χ0) is 14.4. The molecule has 2 heteroatoms. The summed E-state index contributed by atoms with van der Waals surface area (Å²) in [7, 11) is 0. The van der Waals surface area contributed by atoms with Crippen molar-refractivity contribution in [3.8, 4) is 5.69 Å². The lowest BCUT2D eigenvalue weighted by Crippen LogP contribution is -1.93. The summed E-state index contributed by atoms with van der Waals surface area (Å²) in [4.78, 5) is 0. The average Bonchev–Trinajstić information content (AvgIpc) is 2.81. The van der Waals surface area contributed by atoms with Crippen LogP contribution in [-0.4, -0.2) is 4.57 Å². The molecule has 0 N–H and O–H groups in total. The molecule has 0 aliphatic carbocycles. The molecular formula is C19H14IN. The standard InChI is InChI=1S/C19H14IN/c1-13-5-4-6-15(11-13)21-18-8-3-2-7-16(18)17-12-14(20)9-10-19(17)21/h2-12H,1H3. The van der Waals surface area contributed by atoms with Crippen LogP contribution in [0.2, 0.25) is 0 Å². The number of halogens is 1. The summed E-state index contributed by atoms with van der Waals surface area (Å²) < 4.78 is 3.63. The first kappa shape index (κ1) is 12.9. The largest absolute Gasteiger partial charge is 0.309 e. The van der Waals surface area contributed by atoms with Gasteiger partial charge in [0, 0.05) is 20.0 Å². The van der Waals surface area contributed by atoms with Gasteiger partial charge in [-0.25, -0.2) is 0 Å². The van der Waals surface area contributed by atoms with E-state index in [1.807, 2.05) is 0 Å². The molecule has 0 spiro atoms. The number of aryl methyl sites for hydroxylation is 1. The fraction of sp³-hybridized carbons (Fsp3) is 0.0526. The number of hydrogen-bond acceptors (Lipinski definition) is 0. The summed E-state index contributed by atoms with van der Waals surface area (Å²) in [5.41, 5.74) is 5.04. The zero-order valence-corrected chi connectivity index (χ0v) is 13.8. The SMILES string of the molecule is Cc1cccc(-n2c3ccccc3c3cc(I)ccc32)c1. The van der Waals surface area contributed by atoms with Gasteiger partial charge in [-0.15, -0.1) is 0 Å². The molecule has 0 unspecified atom stereocenters. The van der Waals surface area contributed by atoms with Crippen molar-refractivity contribution in [2.24, 2.45) is 0 Å². The number of para-hydroxylation sites is 1. The van der Waals surface area contributed by atoms with Crippen LogP contribution in [-0.2, 0) is 0 Å². The first-order chi connectivity index (χ1) is 10.2. The van der Waals surface area contributed by atoms with Gasteiger partial charge in [-0.05, 0) is 71.5 Å². The highest BCUT2D eigenvalue weighted by atomic mass is 127. The summed E-state index contributed by atoms with van der Waals surface area (Å²) in [5, 5.41) is 2.63. The minimum absolute atomic E-state index is 1.22. The van der Waals surface area contributed by atoms with Crippen molar-refractivity contribution in [3.05, 3.63) is 75.9 Å². The van der Waals surface area contributed by atoms with Crippen LogP contribution in [0.4, 0.5) is 0 Å². The second kappa shape index (κ2) is 4.88. The van der Waals surface area contributed by atoms with Crippen LogP contribution >= 0.6 is 22.6 Å². The van der Waals surface area contributed by atoms with Crippen LogP contribution in [0.5, 0.6) is 0 Å². The van der Waals surface area contributed by atoms with E-state index < -0.39 is 0 Å². The fourth-order valence-electron chi connectivity index (χ4n) is 2.99. The van der Waals surface area contributed by atoms with Gasteiger partial charge in [0.1, 0.15) is 0 Å². The molecule has 0 saturated carbocycles. The monoisotopic (exact) mass is 383 g/mol. The molecule has 0 aliphatic heterocycles. The van der Waals surface area contributed by atoms with Gasteiger partial charge in [-0.1, -0.05) is 30.3 Å². The molecule has 3 aromatic carbocycles. The molecule has 1 heterocycles. The van der Waals surface area contributed by atoms with Crippen molar-refractivity contribution in [2.45, 2.75) is 6.92 Å². The molecule has 0 saturated heterocycles. The first-order valence-electron chi connectivity index (χ1n) is 7.00. The van der Waals surface area contributed by atoms with E-state index in [0.717, 1.165) is 0 Å². The minimum atomic E-state index is 1.22. The molecule has 0 amide bonds. The maximum Gasteiger partial charge on any atom is 0.0541 e. The van der Waals surface area contributed by atoms with Crippen LogP contribution in [0.15, 0.2) is 66.7 Å². The number of benzene rings is 3. The maximum absolute atomic E-state index is 2.38. The Morgan fingerprint density at radius 2 is 1.57 bits per heavy atom. The smallest absolute Gasteiger partial charge is 0.0541 e. The second-order valence-electron chi connectivity index (χ2n) is 5.35. The van der Waals surface area contributed by atoms with Crippen molar-refractivity contribution >= 4 is 44.4 Å². The Labute approximate surface area is 137 Å². The van der Waals surface area contributed by atoms with Crippen LogP contribution in [0.1, 0.15) is 5.56 Å². The lowest BCUT2D eigenvalue weighted by atomic mass is 10.2. The predicted octanol–water partition coefficient (Wildman–Crippen LogP) is 5.70.